The van der Waals surface area contributed by atoms with Crippen molar-refractivity contribution in [2.75, 3.05) is 0 Å². The van der Waals surface area contributed by atoms with E-state index in [0.717, 1.165) is 18.4 Å². The summed E-state index contributed by atoms with van der Waals surface area (Å²) in [6.07, 6.45) is 6.35. The van der Waals surface area contributed by atoms with Crippen LogP contribution >= 0.6 is 0 Å². The lowest BCUT2D eigenvalue weighted by atomic mass is 10.2. The van der Waals surface area contributed by atoms with Crippen LogP contribution in [0.25, 0.3) is 0 Å². The summed E-state index contributed by atoms with van der Waals surface area (Å²) in [4.78, 5) is 19.8. The molecule has 5 nitrogen and oxygen atoms in total. The largest absolute Gasteiger partial charge is 0.339 e. The number of rotatable bonds is 5. The van der Waals surface area contributed by atoms with Crippen molar-refractivity contribution in [1.82, 2.24) is 15.1 Å². The summed E-state index contributed by atoms with van der Waals surface area (Å²) in [7, 11) is 0. The van der Waals surface area contributed by atoms with Crippen LogP contribution in [0.4, 0.5) is 0 Å². The maximum absolute atomic E-state index is 11.6. The van der Waals surface area contributed by atoms with E-state index in [2.05, 4.69) is 15.1 Å². The fraction of sp³-hybridized carbons (Fsp3) is 0.385. The van der Waals surface area contributed by atoms with Gasteiger partial charge in [-0.3, -0.25) is 9.78 Å². The van der Waals surface area contributed by atoms with E-state index in [9.17, 15) is 4.79 Å². The minimum absolute atomic E-state index is 0.217. The number of hydrogen-bond donors (Lipinski definition) is 0. The molecule has 1 fully saturated rings. The van der Waals surface area contributed by atoms with Crippen molar-refractivity contribution in [3.63, 3.8) is 0 Å². The number of Topliss-reactive ketones (excluding diaryl/α,β-unsaturated/α-hetero) is 1. The van der Waals surface area contributed by atoms with Crippen molar-refractivity contribution in [1.29, 1.82) is 0 Å². The molecule has 1 aliphatic carbocycles. The summed E-state index contributed by atoms with van der Waals surface area (Å²) in [5.41, 5.74) is 1.07. The van der Waals surface area contributed by atoms with Gasteiger partial charge in [0.25, 0.3) is 0 Å². The summed E-state index contributed by atoms with van der Waals surface area (Å²) in [5, 5.41) is 3.89. The Labute approximate surface area is 104 Å². The normalized spacial score (nSPS) is 14.7. The van der Waals surface area contributed by atoms with Gasteiger partial charge < -0.3 is 4.52 Å². The van der Waals surface area contributed by atoms with Crippen LogP contribution in [0.5, 0.6) is 0 Å². The molecule has 0 aromatic carbocycles. The van der Waals surface area contributed by atoms with Gasteiger partial charge in [0.15, 0.2) is 5.82 Å². The van der Waals surface area contributed by atoms with Crippen LogP contribution in [0.1, 0.15) is 30.1 Å². The van der Waals surface area contributed by atoms with Gasteiger partial charge in [0.1, 0.15) is 5.78 Å². The zero-order valence-corrected chi connectivity index (χ0v) is 9.87. The average Bonchev–Trinajstić information content (AvgIpc) is 3.15. The lowest BCUT2D eigenvalue weighted by Gasteiger charge is -1.93. The van der Waals surface area contributed by atoms with Gasteiger partial charge in [-0.05, 0) is 30.5 Å². The fourth-order valence-corrected chi connectivity index (χ4v) is 1.82. The summed E-state index contributed by atoms with van der Waals surface area (Å²) < 4.78 is 5.09. The lowest BCUT2D eigenvalue weighted by molar-refractivity contribution is -0.119. The van der Waals surface area contributed by atoms with Gasteiger partial charge in [-0.25, -0.2) is 0 Å². The molecule has 1 saturated carbocycles. The Morgan fingerprint density at radius 3 is 2.83 bits per heavy atom. The van der Waals surface area contributed by atoms with Gasteiger partial charge in [0, 0.05) is 24.7 Å². The van der Waals surface area contributed by atoms with Crippen LogP contribution in [0.2, 0.25) is 0 Å². The highest BCUT2D eigenvalue weighted by Crippen LogP contribution is 2.30. The van der Waals surface area contributed by atoms with Crippen LogP contribution in [0.15, 0.2) is 29.0 Å². The summed E-state index contributed by atoms with van der Waals surface area (Å²) >= 11 is 0. The Hall–Kier alpha value is -2.04. The highest BCUT2D eigenvalue weighted by Gasteiger charge is 2.30. The zero-order valence-electron chi connectivity index (χ0n) is 9.87. The maximum atomic E-state index is 11.6. The van der Waals surface area contributed by atoms with Crippen LogP contribution in [0, 0.1) is 5.92 Å². The Morgan fingerprint density at radius 1 is 1.33 bits per heavy atom. The van der Waals surface area contributed by atoms with Crippen LogP contribution < -0.4 is 0 Å². The summed E-state index contributed by atoms with van der Waals surface area (Å²) in [6, 6.07) is 3.82. The monoisotopic (exact) mass is 243 g/mol. The number of carbonyl (C=O) groups is 1. The van der Waals surface area contributed by atoms with E-state index >= 15 is 0 Å². The maximum Gasteiger partial charge on any atom is 0.234 e. The van der Waals surface area contributed by atoms with Crippen molar-refractivity contribution in [2.24, 2.45) is 5.92 Å². The number of aromatic nitrogens is 3. The Morgan fingerprint density at radius 2 is 2.11 bits per heavy atom. The molecule has 3 rings (SSSR count). The molecule has 5 heteroatoms. The number of pyridine rings is 1. The molecule has 2 heterocycles. The number of hydrogen-bond acceptors (Lipinski definition) is 5. The third-order valence-corrected chi connectivity index (χ3v) is 2.98. The number of ketones is 1. The van der Waals surface area contributed by atoms with Crippen molar-refractivity contribution < 1.29 is 9.32 Å². The predicted octanol–water partition coefficient (Wildman–Crippen LogP) is 1.58. The van der Waals surface area contributed by atoms with E-state index in [1.807, 2.05) is 12.1 Å². The van der Waals surface area contributed by atoms with Crippen LogP contribution in [-0.4, -0.2) is 20.9 Å². The standard InChI is InChI=1S/C13H13N3O2/c17-11(10-1-2-10)8-13-15-12(16-18-13)7-9-3-5-14-6-4-9/h3-6,10H,1-2,7-8H2. The van der Waals surface area contributed by atoms with E-state index in [1.165, 1.54) is 0 Å². The van der Waals surface area contributed by atoms with E-state index in [4.69, 9.17) is 4.52 Å². The Kier molecular flexibility index (Phi) is 2.88. The molecule has 0 aliphatic heterocycles. The van der Waals surface area contributed by atoms with Gasteiger partial charge >= 0.3 is 0 Å². The first-order chi connectivity index (χ1) is 8.81. The molecular formula is C13H13N3O2. The lowest BCUT2D eigenvalue weighted by Crippen LogP contribution is -2.05. The summed E-state index contributed by atoms with van der Waals surface area (Å²) in [5.74, 6) is 1.49. The third kappa shape index (κ3) is 2.61. The van der Waals surface area contributed by atoms with Crippen LogP contribution in [0.3, 0.4) is 0 Å². The second-order valence-corrected chi connectivity index (χ2v) is 4.55. The van der Waals surface area contributed by atoms with E-state index in [-0.39, 0.29) is 18.1 Å². The topological polar surface area (TPSA) is 68.9 Å². The van der Waals surface area contributed by atoms with E-state index < -0.39 is 0 Å². The molecule has 2 aromatic heterocycles. The van der Waals surface area contributed by atoms with Crippen molar-refractivity contribution in [2.45, 2.75) is 25.7 Å². The van der Waals surface area contributed by atoms with Gasteiger partial charge in [0.2, 0.25) is 5.89 Å². The quantitative estimate of drug-likeness (QED) is 0.797. The van der Waals surface area contributed by atoms with Crippen molar-refractivity contribution in [3.05, 3.63) is 41.8 Å². The smallest absolute Gasteiger partial charge is 0.234 e. The van der Waals surface area contributed by atoms with Gasteiger partial charge in [-0.15, -0.1) is 0 Å². The molecule has 1 aliphatic rings. The number of nitrogens with zero attached hydrogens (tertiary/aromatic N) is 3. The first-order valence-electron chi connectivity index (χ1n) is 6.04. The van der Waals surface area contributed by atoms with Crippen molar-refractivity contribution in [3.8, 4) is 0 Å². The van der Waals surface area contributed by atoms with Crippen LogP contribution in [-0.2, 0) is 17.6 Å². The molecule has 0 N–H and O–H groups in total. The molecule has 0 amide bonds. The minimum Gasteiger partial charge on any atom is -0.339 e. The number of carbonyl (C=O) groups excluding carboxylic acids is 1. The fourth-order valence-electron chi connectivity index (χ4n) is 1.82. The molecule has 0 atom stereocenters. The van der Waals surface area contributed by atoms with E-state index in [0.29, 0.717) is 18.1 Å². The SMILES string of the molecule is O=C(Cc1nc(Cc2ccncc2)no1)C1CC1. The molecule has 0 bridgehead atoms. The second-order valence-electron chi connectivity index (χ2n) is 4.55. The summed E-state index contributed by atoms with van der Waals surface area (Å²) in [6.45, 7) is 0. The molecule has 0 spiro atoms. The highest BCUT2D eigenvalue weighted by atomic mass is 16.5. The third-order valence-electron chi connectivity index (χ3n) is 2.98. The molecule has 0 radical (unpaired) electrons. The molecular weight excluding hydrogens is 230 g/mol. The van der Waals surface area contributed by atoms with Crippen molar-refractivity contribution >= 4 is 5.78 Å². The second kappa shape index (κ2) is 4.68. The molecule has 2 aromatic rings. The van der Waals surface area contributed by atoms with Gasteiger partial charge in [-0.1, -0.05) is 5.16 Å². The Bertz CT molecular complexity index is 546. The Balaban J connectivity index is 1.64. The highest BCUT2D eigenvalue weighted by molar-refractivity contribution is 5.84. The minimum atomic E-state index is 0.217. The van der Waals surface area contributed by atoms with Gasteiger partial charge in [-0.2, -0.15) is 4.98 Å². The van der Waals surface area contributed by atoms with Gasteiger partial charge in [0.05, 0.1) is 6.42 Å². The first-order valence-corrected chi connectivity index (χ1v) is 6.04. The first kappa shape index (κ1) is 11.1. The zero-order chi connectivity index (χ0) is 12.4. The average molecular weight is 243 g/mol. The van der Waals surface area contributed by atoms with E-state index in [1.54, 1.807) is 12.4 Å². The molecule has 92 valence electrons. The molecule has 0 saturated heterocycles. The predicted molar refractivity (Wildman–Crippen MR) is 62.8 cm³/mol. The molecule has 0 unspecified atom stereocenters. The molecule has 18 heavy (non-hydrogen) atoms.